The fraction of sp³-hybridized carbons (Fsp3) is 0.333. The summed E-state index contributed by atoms with van der Waals surface area (Å²) >= 11 is 1.65. The molecule has 0 bridgehead atoms. The molecule has 0 fully saturated rings. The van der Waals surface area contributed by atoms with Crippen LogP contribution in [-0.4, -0.2) is 0 Å². The van der Waals surface area contributed by atoms with E-state index in [1.54, 1.807) is 24.7 Å². The van der Waals surface area contributed by atoms with E-state index in [1.165, 1.54) is 4.13 Å². The summed E-state index contributed by atoms with van der Waals surface area (Å²) < 4.78 is 1.34. The molecule has 0 aromatic heterocycles. The maximum absolute atomic E-state index is 2.33. The number of allylic oxidation sites excluding steroid dienone is 8. The quantitative estimate of drug-likeness (QED) is 0.473. The summed E-state index contributed by atoms with van der Waals surface area (Å²) in [5, 5.41) is 0. The Hall–Kier alpha value is 0.713. The number of hydrogen-bond donors (Lipinski definition) is 0. The van der Waals surface area contributed by atoms with Crippen LogP contribution in [0.5, 0.6) is 0 Å². The zero-order valence-electron chi connectivity index (χ0n) is 8.69. The molecule has 4 heteroatoms. The predicted molar refractivity (Wildman–Crippen MR) is 51.8 cm³/mol. The topological polar surface area (TPSA) is 0 Å². The molecule has 2 rings (SSSR count). The van der Waals surface area contributed by atoms with Gasteiger partial charge in [-0.25, -0.2) is 0 Å². The molecule has 0 unspecified atom stereocenters. The molecule has 0 spiro atoms. The second-order valence-corrected chi connectivity index (χ2v) is 4.57. The Labute approximate surface area is 131 Å². The monoisotopic (exact) mass is 352 g/mol. The van der Waals surface area contributed by atoms with Gasteiger partial charge in [-0.15, -0.1) is 0 Å². The molecule has 0 heterocycles. The molecule has 0 radical (unpaired) electrons. The van der Waals surface area contributed by atoms with Gasteiger partial charge in [0.2, 0.25) is 0 Å². The molecule has 0 atom stereocenters. The Balaban J connectivity index is 0. The van der Waals surface area contributed by atoms with Gasteiger partial charge in [0.1, 0.15) is 0 Å². The molecular weight excluding hydrogens is 342 g/mol. The summed E-state index contributed by atoms with van der Waals surface area (Å²) in [6, 6.07) is 0. The van der Waals surface area contributed by atoms with Gasteiger partial charge in [-0.3, -0.25) is 0 Å². The van der Waals surface area contributed by atoms with Crippen molar-refractivity contribution in [1.82, 2.24) is 0 Å². The molecule has 0 saturated heterocycles. The standard InChI is InChI=1S/C12H13.3ClH.Zr/c1-10(11-6-2-3-7-11)12-8-4-5-9-12;;;;/h2-12H,1H2;3*1H;/q;;;;+3/p-3. The molecule has 2 aliphatic carbocycles. The van der Waals surface area contributed by atoms with E-state index in [0.29, 0.717) is 11.8 Å². The third-order valence-corrected chi connectivity index (χ3v) is 3.94. The summed E-state index contributed by atoms with van der Waals surface area (Å²) in [6.07, 6.45) is 18.0. The second-order valence-electron chi connectivity index (χ2n) is 3.56. The zero-order valence-corrected chi connectivity index (χ0v) is 13.4. The van der Waals surface area contributed by atoms with Gasteiger partial charge in [0.25, 0.3) is 0 Å². The normalized spacial score (nSPS) is 17.4. The van der Waals surface area contributed by atoms with E-state index in [-0.39, 0.29) is 37.2 Å². The van der Waals surface area contributed by atoms with E-state index >= 15 is 0 Å². The average molecular weight is 355 g/mol. The third-order valence-electron chi connectivity index (χ3n) is 2.78. The first-order chi connectivity index (χ1) is 6.42. The van der Waals surface area contributed by atoms with E-state index in [1.807, 2.05) is 0 Å². The van der Waals surface area contributed by atoms with Crippen LogP contribution in [0.15, 0.2) is 48.6 Å². The zero-order chi connectivity index (χ0) is 9.10. The molecule has 0 amide bonds. The van der Waals surface area contributed by atoms with Gasteiger partial charge in [-0.1, -0.05) is 0 Å². The molecule has 86 valence electrons. The van der Waals surface area contributed by atoms with Crippen molar-refractivity contribution >= 4 is 0 Å². The average Bonchev–Trinajstić information content (AvgIpc) is 2.76. The molecule has 2 aliphatic rings. The molecular formula is C12H13Cl3Zr. The molecule has 0 aromatic rings. The minimum absolute atomic E-state index is 0. The van der Waals surface area contributed by atoms with Crippen molar-refractivity contribution in [3.05, 3.63) is 48.6 Å². The van der Waals surface area contributed by atoms with Crippen LogP contribution in [0.2, 0.25) is 4.13 Å². The number of halogens is 3. The van der Waals surface area contributed by atoms with Gasteiger partial charge in [-0.05, 0) is 0 Å². The van der Waals surface area contributed by atoms with Gasteiger partial charge in [-0.2, -0.15) is 0 Å². The van der Waals surface area contributed by atoms with Crippen molar-refractivity contribution in [3.63, 3.8) is 0 Å². The fourth-order valence-electron chi connectivity index (χ4n) is 2.00. The Kier molecular flexibility index (Phi) is 11.6. The summed E-state index contributed by atoms with van der Waals surface area (Å²) in [5.74, 6) is 2.15. The van der Waals surface area contributed by atoms with E-state index in [2.05, 4.69) is 48.6 Å². The Morgan fingerprint density at radius 1 is 0.750 bits per heavy atom. The van der Waals surface area contributed by atoms with Crippen molar-refractivity contribution in [3.8, 4) is 0 Å². The van der Waals surface area contributed by atoms with Gasteiger partial charge in [0, 0.05) is 0 Å². The van der Waals surface area contributed by atoms with Crippen molar-refractivity contribution < 1.29 is 61.9 Å². The van der Waals surface area contributed by atoms with Crippen molar-refractivity contribution in [2.75, 3.05) is 0 Å². The fourth-order valence-corrected chi connectivity index (χ4v) is 3.34. The van der Waals surface area contributed by atoms with Crippen LogP contribution < -0.4 is 37.2 Å². The molecule has 0 aromatic carbocycles. The van der Waals surface area contributed by atoms with Crippen molar-refractivity contribution in [1.29, 1.82) is 0 Å². The van der Waals surface area contributed by atoms with Crippen LogP contribution >= 0.6 is 0 Å². The molecule has 0 aliphatic heterocycles. The molecule has 0 saturated carbocycles. The summed E-state index contributed by atoms with van der Waals surface area (Å²) in [6.45, 7) is 0. The molecule has 16 heavy (non-hydrogen) atoms. The maximum atomic E-state index is 2.33. The number of hydrogen-bond acceptors (Lipinski definition) is 0. The van der Waals surface area contributed by atoms with Gasteiger partial charge >= 0.3 is 95.2 Å². The SMILES string of the molecule is [Cl-].[Cl-].[Cl-].[Zr+3][CH2]C(C1C=CC=C1)C1C=CC=C1. The van der Waals surface area contributed by atoms with Crippen LogP contribution in [0.3, 0.4) is 0 Å². The van der Waals surface area contributed by atoms with Crippen LogP contribution in [-0.2, 0) is 24.7 Å². The van der Waals surface area contributed by atoms with Crippen molar-refractivity contribution in [2.24, 2.45) is 17.8 Å². The van der Waals surface area contributed by atoms with Gasteiger partial charge < -0.3 is 37.2 Å². The van der Waals surface area contributed by atoms with E-state index in [0.717, 1.165) is 5.92 Å². The first-order valence-corrected chi connectivity index (χ1v) is 6.50. The van der Waals surface area contributed by atoms with Gasteiger partial charge in [0.15, 0.2) is 0 Å². The molecule has 0 N–H and O–H groups in total. The van der Waals surface area contributed by atoms with Crippen molar-refractivity contribution in [2.45, 2.75) is 4.13 Å². The Bertz CT molecular complexity index is 243. The summed E-state index contributed by atoms with van der Waals surface area (Å²) in [7, 11) is 0. The Morgan fingerprint density at radius 3 is 1.31 bits per heavy atom. The Morgan fingerprint density at radius 2 is 1.06 bits per heavy atom. The van der Waals surface area contributed by atoms with Crippen LogP contribution in [0, 0.1) is 17.8 Å². The van der Waals surface area contributed by atoms with Crippen LogP contribution in [0.25, 0.3) is 0 Å². The molecule has 0 nitrogen and oxygen atoms in total. The van der Waals surface area contributed by atoms with E-state index in [4.69, 9.17) is 0 Å². The third kappa shape index (κ3) is 4.53. The predicted octanol–water partition coefficient (Wildman–Crippen LogP) is -5.94. The minimum atomic E-state index is 0. The van der Waals surface area contributed by atoms with Crippen LogP contribution in [0.4, 0.5) is 0 Å². The first kappa shape index (κ1) is 19.1. The summed E-state index contributed by atoms with van der Waals surface area (Å²) in [4.78, 5) is 0. The first-order valence-electron chi connectivity index (χ1n) is 4.76. The van der Waals surface area contributed by atoms with E-state index < -0.39 is 0 Å². The number of rotatable bonds is 3. The second kappa shape index (κ2) is 9.71. The van der Waals surface area contributed by atoms with Gasteiger partial charge in [0.05, 0.1) is 0 Å². The summed E-state index contributed by atoms with van der Waals surface area (Å²) in [5.41, 5.74) is 0. The van der Waals surface area contributed by atoms with E-state index in [9.17, 15) is 0 Å². The van der Waals surface area contributed by atoms with Crippen LogP contribution in [0.1, 0.15) is 0 Å².